The van der Waals surface area contributed by atoms with E-state index < -0.39 is 22.2 Å². The molecule has 2 aromatic heterocycles. The van der Waals surface area contributed by atoms with Gasteiger partial charge in [-0.1, -0.05) is 12.1 Å². The van der Waals surface area contributed by atoms with Crippen LogP contribution < -0.4 is 5.32 Å². The highest BCUT2D eigenvalue weighted by Gasteiger charge is 2.38. The Morgan fingerprint density at radius 3 is 2.48 bits per heavy atom. The van der Waals surface area contributed by atoms with E-state index in [0.717, 1.165) is 11.6 Å². The summed E-state index contributed by atoms with van der Waals surface area (Å²) in [5, 5.41) is 11.1. The van der Waals surface area contributed by atoms with Crippen molar-refractivity contribution >= 4 is 65.9 Å². The van der Waals surface area contributed by atoms with Gasteiger partial charge in [-0.15, -0.1) is 0 Å². The van der Waals surface area contributed by atoms with Gasteiger partial charge >= 0.3 is 12.1 Å². The van der Waals surface area contributed by atoms with E-state index in [1.54, 1.807) is 12.1 Å². The molecule has 0 aliphatic heterocycles. The second-order valence-electron chi connectivity index (χ2n) is 5.38. The van der Waals surface area contributed by atoms with E-state index in [4.69, 9.17) is 21.5 Å². The average Bonchev–Trinajstić information content (AvgIpc) is 3.03. The SMILES string of the molecule is CS(=O)(=O)n1ccc2cccc(Nc3nc(Cl)ncc3Br)c21.O=C(O)C(F)(F)F. The molecule has 0 aliphatic rings. The molecule has 0 fully saturated rings. The monoisotopic (exact) mass is 514 g/mol. The Hall–Kier alpha value is -2.38. The molecule has 29 heavy (non-hydrogen) atoms. The molecular formula is C15H11BrClF3N4O4S. The molecule has 0 atom stereocenters. The second-order valence-corrected chi connectivity index (χ2v) is 8.43. The van der Waals surface area contributed by atoms with Crippen LogP contribution in [-0.2, 0) is 14.8 Å². The van der Waals surface area contributed by atoms with Crippen LogP contribution in [0.5, 0.6) is 0 Å². The number of carbonyl (C=O) groups is 1. The molecule has 156 valence electrons. The Balaban J connectivity index is 0.000000370. The minimum Gasteiger partial charge on any atom is -0.475 e. The fraction of sp³-hybridized carbons (Fsp3) is 0.133. The fourth-order valence-electron chi connectivity index (χ4n) is 2.10. The van der Waals surface area contributed by atoms with E-state index in [2.05, 4.69) is 31.2 Å². The van der Waals surface area contributed by atoms with Gasteiger partial charge in [0.1, 0.15) is 5.82 Å². The zero-order chi connectivity index (χ0) is 22.0. The summed E-state index contributed by atoms with van der Waals surface area (Å²) in [7, 11) is -3.41. The summed E-state index contributed by atoms with van der Waals surface area (Å²) in [6.07, 6.45) is -0.888. The van der Waals surface area contributed by atoms with E-state index in [1.807, 2.05) is 12.1 Å². The molecule has 0 bridgehead atoms. The second kappa shape index (κ2) is 8.55. The van der Waals surface area contributed by atoms with Crippen LogP contribution in [0.1, 0.15) is 0 Å². The third kappa shape index (κ3) is 5.81. The lowest BCUT2D eigenvalue weighted by atomic mass is 10.2. The lowest BCUT2D eigenvalue weighted by Crippen LogP contribution is -2.21. The van der Waals surface area contributed by atoms with E-state index in [0.29, 0.717) is 21.5 Å². The number of rotatable bonds is 3. The van der Waals surface area contributed by atoms with Gasteiger partial charge < -0.3 is 10.4 Å². The van der Waals surface area contributed by atoms with E-state index >= 15 is 0 Å². The van der Waals surface area contributed by atoms with Crippen molar-refractivity contribution in [2.75, 3.05) is 11.6 Å². The van der Waals surface area contributed by atoms with Crippen molar-refractivity contribution in [2.24, 2.45) is 0 Å². The molecule has 8 nitrogen and oxygen atoms in total. The predicted molar refractivity (Wildman–Crippen MR) is 104 cm³/mol. The Bertz CT molecular complexity index is 1170. The molecule has 0 spiro atoms. The highest BCUT2D eigenvalue weighted by atomic mass is 79.9. The van der Waals surface area contributed by atoms with Gasteiger partial charge in [0.05, 0.1) is 21.9 Å². The topological polar surface area (TPSA) is 114 Å². The van der Waals surface area contributed by atoms with Gasteiger partial charge in [0.2, 0.25) is 15.3 Å². The Morgan fingerprint density at radius 1 is 1.31 bits per heavy atom. The molecule has 0 saturated carbocycles. The van der Waals surface area contributed by atoms with Crippen LogP contribution in [0.4, 0.5) is 24.7 Å². The number of carboxylic acids is 1. The van der Waals surface area contributed by atoms with Crippen molar-refractivity contribution in [2.45, 2.75) is 6.18 Å². The number of alkyl halides is 3. The minimum absolute atomic E-state index is 0.0939. The summed E-state index contributed by atoms with van der Waals surface area (Å²) in [6, 6.07) is 7.17. The number of benzene rings is 1. The predicted octanol–water partition coefficient (Wildman–Crippen LogP) is 4.03. The quantitative estimate of drug-likeness (QED) is 0.506. The molecule has 0 unspecified atom stereocenters. The maximum atomic E-state index is 11.9. The van der Waals surface area contributed by atoms with Crippen LogP contribution in [0.15, 0.2) is 41.1 Å². The third-order valence-electron chi connectivity index (χ3n) is 3.24. The van der Waals surface area contributed by atoms with Gasteiger partial charge in [-0.05, 0) is 39.7 Å². The molecule has 0 saturated heterocycles. The summed E-state index contributed by atoms with van der Waals surface area (Å²) in [4.78, 5) is 16.8. The van der Waals surface area contributed by atoms with Crippen molar-refractivity contribution in [3.05, 3.63) is 46.4 Å². The molecular weight excluding hydrogens is 505 g/mol. The number of aromatic nitrogens is 3. The molecule has 3 rings (SSSR count). The summed E-state index contributed by atoms with van der Waals surface area (Å²) in [5.74, 6) is -2.30. The van der Waals surface area contributed by atoms with Gasteiger partial charge in [-0.3, -0.25) is 0 Å². The molecule has 2 heterocycles. The Morgan fingerprint density at radius 2 is 1.93 bits per heavy atom. The van der Waals surface area contributed by atoms with Crippen LogP contribution in [0, 0.1) is 0 Å². The van der Waals surface area contributed by atoms with Crippen molar-refractivity contribution in [3.63, 3.8) is 0 Å². The van der Waals surface area contributed by atoms with Gasteiger partial charge in [0, 0.05) is 17.8 Å². The normalized spacial score (nSPS) is 11.7. The van der Waals surface area contributed by atoms with E-state index in [-0.39, 0.29) is 5.28 Å². The number of carboxylic acid groups (broad SMARTS) is 1. The maximum absolute atomic E-state index is 11.9. The van der Waals surface area contributed by atoms with Crippen molar-refractivity contribution in [1.82, 2.24) is 13.9 Å². The van der Waals surface area contributed by atoms with Gasteiger partial charge in [-0.25, -0.2) is 22.2 Å². The number of anilines is 2. The van der Waals surface area contributed by atoms with Gasteiger partial charge in [0.25, 0.3) is 0 Å². The molecule has 1 aromatic carbocycles. The molecule has 2 N–H and O–H groups in total. The highest BCUT2D eigenvalue weighted by molar-refractivity contribution is 9.10. The lowest BCUT2D eigenvalue weighted by Gasteiger charge is -2.11. The lowest BCUT2D eigenvalue weighted by molar-refractivity contribution is -0.192. The number of nitrogens with zero attached hydrogens (tertiary/aromatic N) is 3. The van der Waals surface area contributed by atoms with Crippen LogP contribution in [0.2, 0.25) is 5.28 Å². The van der Waals surface area contributed by atoms with Crippen molar-refractivity contribution < 1.29 is 31.5 Å². The summed E-state index contributed by atoms with van der Waals surface area (Å²) < 4.78 is 57.4. The average molecular weight is 516 g/mol. The van der Waals surface area contributed by atoms with Crippen LogP contribution in [0.3, 0.4) is 0 Å². The fourth-order valence-corrected chi connectivity index (χ4v) is 3.34. The number of hydrogen-bond donors (Lipinski definition) is 2. The van der Waals surface area contributed by atoms with Crippen molar-refractivity contribution in [3.8, 4) is 0 Å². The molecule has 0 amide bonds. The number of fused-ring (bicyclic) bond motifs is 1. The highest BCUT2D eigenvalue weighted by Crippen LogP contribution is 2.30. The first kappa shape index (κ1) is 22.9. The third-order valence-corrected chi connectivity index (χ3v) is 5.03. The number of para-hydroxylation sites is 1. The van der Waals surface area contributed by atoms with E-state index in [9.17, 15) is 21.6 Å². The maximum Gasteiger partial charge on any atom is 0.490 e. The molecule has 14 heteroatoms. The molecule has 3 aromatic rings. The first-order chi connectivity index (χ1) is 13.3. The summed E-state index contributed by atoms with van der Waals surface area (Å²) in [5.41, 5.74) is 1.15. The van der Waals surface area contributed by atoms with Crippen LogP contribution in [0.25, 0.3) is 10.9 Å². The number of aliphatic carboxylic acids is 1. The number of hydrogen-bond acceptors (Lipinski definition) is 6. The largest absolute Gasteiger partial charge is 0.490 e. The standard InChI is InChI=1S/C13H10BrClN4O2S.C2HF3O2/c1-22(20,21)19-6-5-8-3-2-4-10(11(8)19)17-12-9(14)7-16-13(15)18-12;3-2(4,5)1(6)7/h2-7H,1H3,(H,16,17,18);(H,6,7). The number of nitrogens with one attached hydrogen (secondary N) is 1. The zero-order valence-electron chi connectivity index (χ0n) is 14.3. The zero-order valence-corrected chi connectivity index (χ0v) is 17.4. The van der Waals surface area contributed by atoms with Crippen molar-refractivity contribution in [1.29, 1.82) is 0 Å². The number of halogens is 5. The Labute approximate surface area is 175 Å². The molecule has 0 radical (unpaired) electrons. The first-order valence-electron chi connectivity index (χ1n) is 7.36. The minimum atomic E-state index is -5.08. The van der Waals surface area contributed by atoms with Crippen LogP contribution >= 0.6 is 27.5 Å². The van der Waals surface area contributed by atoms with Crippen LogP contribution in [-0.4, -0.2) is 45.9 Å². The first-order valence-corrected chi connectivity index (χ1v) is 10.4. The van der Waals surface area contributed by atoms with Gasteiger partial charge in [0.15, 0.2) is 0 Å². The summed E-state index contributed by atoms with van der Waals surface area (Å²) >= 11 is 9.13. The van der Waals surface area contributed by atoms with Gasteiger partial charge in [-0.2, -0.15) is 18.2 Å². The molecule has 0 aliphatic carbocycles. The Kier molecular flexibility index (Phi) is 6.75. The smallest absolute Gasteiger partial charge is 0.475 e. The van der Waals surface area contributed by atoms with E-state index in [1.165, 1.54) is 16.4 Å². The summed E-state index contributed by atoms with van der Waals surface area (Å²) in [6.45, 7) is 0.